The molecule has 0 aromatic carbocycles. The van der Waals surface area contributed by atoms with Crippen molar-refractivity contribution in [3.63, 3.8) is 0 Å². The summed E-state index contributed by atoms with van der Waals surface area (Å²) in [4.78, 5) is 0. The molecule has 0 aliphatic rings. The van der Waals surface area contributed by atoms with Crippen LogP contribution in [0.4, 0.5) is 0 Å². The Morgan fingerprint density at radius 3 is 1.80 bits per heavy atom. The maximum atomic E-state index is 8.56. The van der Waals surface area contributed by atoms with Crippen LogP contribution in [0.2, 0.25) is 0 Å². The van der Waals surface area contributed by atoms with Gasteiger partial charge >= 0.3 is 58.2 Å². The van der Waals surface area contributed by atoms with E-state index in [1.54, 1.807) is 0 Å². The van der Waals surface area contributed by atoms with Crippen LogP contribution in [-0.2, 0) is 11.4 Å². The summed E-state index contributed by atoms with van der Waals surface area (Å²) in [6, 6.07) is 0. The number of hydrogen-bond donors (Lipinski definition) is 1. The van der Waals surface area contributed by atoms with E-state index in [4.69, 9.17) is 13.3 Å². The van der Waals surface area contributed by atoms with Crippen molar-refractivity contribution in [3.05, 3.63) is 0 Å². The Kier molecular flexibility index (Phi) is 11.7. The summed E-state index contributed by atoms with van der Waals surface area (Å²) in [7, 11) is 0. The smallest absolute Gasteiger partial charge is 0.750 e. The Bertz CT molecular complexity index is 29.9. The second kappa shape index (κ2) is 5.88. The molecule has 0 saturated heterocycles. The molecule has 26 valence electrons. The van der Waals surface area contributed by atoms with Gasteiger partial charge in [0.2, 0.25) is 0 Å². The van der Waals surface area contributed by atoms with Gasteiger partial charge in [0.1, 0.15) is 0 Å². The fourth-order valence-corrected chi connectivity index (χ4v) is 0. The molecule has 1 unspecified atom stereocenters. The quantitative estimate of drug-likeness (QED) is 0.378. The standard InChI is InChI=1S/H2O3S.Rb/c1-4(2)3;/h(H2,1,2,3);/q;+1/p-1. The summed E-state index contributed by atoms with van der Waals surface area (Å²) in [5, 5.41) is 0. The average molecular weight is 167 g/mol. The molecule has 3 nitrogen and oxygen atoms in total. The van der Waals surface area contributed by atoms with Crippen molar-refractivity contribution >= 4 is 11.4 Å². The van der Waals surface area contributed by atoms with Gasteiger partial charge in [-0.1, -0.05) is 0 Å². The predicted molar refractivity (Wildman–Crippen MR) is 11.5 cm³/mol. The predicted octanol–water partition coefficient (Wildman–Crippen LogP) is -3.66. The Hall–Kier alpha value is 1.88. The van der Waals surface area contributed by atoms with Crippen molar-refractivity contribution < 1.29 is 71.5 Å². The van der Waals surface area contributed by atoms with Crippen LogP contribution in [0.25, 0.3) is 0 Å². The van der Waals surface area contributed by atoms with Crippen LogP contribution in [0.15, 0.2) is 0 Å². The maximum Gasteiger partial charge on any atom is 1.00 e. The topological polar surface area (TPSA) is 60.4 Å². The van der Waals surface area contributed by atoms with Gasteiger partial charge in [0.05, 0.1) is 11.4 Å². The van der Waals surface area contributed by atoms with Crippen molar-refractivity contribution in [2.24, 2.45) is 0 Å². The van der Waals surface area contributed by atoms with E-state index >= 15 is 0 Å². The first-order valence-corrected chi connectivity index (χ1v) is 1.55. The summed E-state index contributed by atoms with van der Waals surface area (Å²) in [5.74, 6) is 0. The molecule has 0 aromatic heterocycles. The molecule has 0 heterocycles. The molecule has 1 atom stereocenters. The Morgan fingerprint density at radius 2 is 1.80 bits per heavy atom. The zero-order valence-electron chi connectivity index (χ0n) is 2.67. The summed E-state index contributed by atoms with van der Waals surface area (Å²) in [6.45, 7) is 0. The molecule has 0 aromatic rings. The van der Waals surface area contributed by atoms with Crippen LogP contribution in [0.1, 0.15) is 0 Å². The van der Waals surface area contributed by atoms with Gasteiger partial charge in [-0.05, 0) is 0 Å². The molecule has 0 spiro atoms. The van der Waals surface area contributed by atoms with Gasteiger partial charge in [-0.2, -0.15) is 0 Å². The van der Waals surface area contributed by atoms with E-state index in [0.29, 0.717) is 0 Å². The Balaban J connectivity index is 0. The molecule has 1 N–H and O–H groups in total. The molecule has 0 saturated carbocycles. The summed E-state index contributed by atoms with van der Waals surface area (Å²) < 4.78 is 24.1. The Morgan fingerprint density at radius 1 is 1.80 bits per heavy atom. The minimum atomic E-state index is -2.86. The third-order valence-corrected chi connectivity index (χ3v) is 0. The molecule has 0 amide bonds. The first-order chi connectivity index (χ1) is 1.73. The third-order valence-electron chi connectivity index (χ3n) is 0. The van der Waals surface area contributed by atoms with Crippen molar-refractivity contribution in [1.29, 1.82) is 0 Å². The number of rotatable bonds is 0. The second-order valence-electron chi connectivity index (χ2n) is 0.217. The molecule has 5 heteroatoms. The van der Waals surface area contributed by atoms with E-state index in [-0.39, 0.29) is 58.2 Å². The van der Waals surface area contributed by atoms with Crippen LogP contribution < -0.4 is 58.2 Å². The normalized spacial score (nSPS) is 12.4. The SMILES string of the molecule is O=S([O-])O.[Rb+]. The third kappa shape index (κ3) is 25.1. The van der Waals surface area contributed by atoms with Crippen LogP contribution in [0.3, 0.4) is 0 Å². The van der Waals surface area contributed by atoms with Gasteiger partial charge in [0.25, 0.3) is 0 Å². The summed E-state index contributed by atoms with van der Waals surface area (Å²) >= 11 is -2.86. The van der Waals surface area contributed by atoms with Gasteiger partial charge in [0.15, 0.2) is 0 Å². The van der Waals surface area contributed by atoms with Crippen LogP contribution in [0.5, 0.6) is 0 Å². The molecule has 0 bridgehead atoms. The minimum Gasteiger partial charge on any atom is -0.750 e. The van der Waals surface area contributed by atoms with E-state index in [1.807, 2.05) is 0 Å². The first kappa shape index (κ1) is 9.98. The summed E-state index contributed by atoms with van der Waals surface area (Å²) in [6.07, 6.45) is 0. The zero-order chi connectivity index (χ0) is 3.58. The molecule has 0 aliphatic heterocycles. The van der Waals surface area contributed by atoms with E-state index < -0.39 is 11.4 Å². The molecule has 0 fully saturated rings. The molecule has 5 heavy (non-hydrogen) atoms. The van der Waals surface area contributed by atoms with Gasteiger partial charge in [0, 0.05) is 0 Å². The van der Waals surface area contributed by atoms with Gasteiger partial charge in [-0.25, -0.2) is 4.21 Å². The maximum absolute atomic E-state index is 8.56. The monoisotopic (exact) mass is 166 g/mol. The van der Waals surface area contributed by atoms with Crippen molar-refractivity contribution in [2.45, 2.75) is 0 Å². The van der Waals surface area contributed by atoms with Gasteiger partial charge in [-0.15, -0.1) is 0 Å². The van der Waals surface area contributed by atoms with Crippen molar-refractivity contribution in [1.82, 2.24) is 0 Å². The zero-order valence-corrected chi connectivity index (χ0v) is 8.40. The molecule has 0 aliphatic carbocycles. The van der Waals surface area contributed by atoms with E-state index in [1.165, 1.54) is 0 Å². The van der Waals surface area contributed by atoms with Gasteiger partial charge in [-0.3, -0.25) is 0 Å². The molecule has 0 rings (SSSR count). The largest absolute Gasteiger partial charge is 1.00 e. The van der Waals surface area contributed by atoms with E-state index in [9.17, 15) is 0 Å². The molecular weight excluding hydrogens is 166 g/mol. The fourth-order valence-electron chi connectivity index (χ4n) is 0. The van der Waals surface area contributed by atoms with Gasteiger partial charge < -0.3 is 9.11 Å². The van der Waals surface area contributed by atoms with Crippen LogP contribution in [0, 0.1) is 0 Å². The first-order valence-electron chi connectivity index (χ1n) is 0.516. The van der Waals surface area contributed by atoms with Crippen molar-refractivity contribution in [2.75, 3.05) is 0 Å². The van der Waals surface area contributed by atoms with Crippen LogP contribution in [-0.4, -0.2) is 13.3 Å². The summed E-state index contributed by atoms with van der Waals surface area (Å²) in [5.41, 5.74) is 0. The minimum absolute atomic E-state index is 0. The van der Waals surface area contributed by atoms with Crippen LogP contribution >= 0.6 is 0 Å². The van der Waals surface area contributed by atoms with E-state index in [2.05, 4.69) is 0 Å². The molecule has 0 radical (unpaired) electrons. The van der Waals surface area contributed by atoms with E-state index in [0.717, 1.165) is 0 Å². The Labute approximate surface area is 81.0 Å². The van der Waals surface area contributed by atoms with Crippen molar-refractivity contribution in [3.8, 4) is 0 Å². The average Bonchev–Trinajstić information content (AvgIpc) is 0.811. The molecular formula is HO3RbS. The number of hydrogen-bond acceptors (Lipinski definition) is 2. The second-order valence-corrected chi connectivity index (χ2v) is 0.651. The fraction of sp³-hybridized carbons (Fsp3) is 0.